The summed E-state index contributed by atoms with van der Waals surface area (Å²) in [7, 11) is 1.78. The predicted octanol–water partition coefficient (Wildman–Crippen LogP) is 3.44. The van der Waals surface area contributed by atoms with Gasteiger partial charge in [0.05, 0.1) is 13.2 Å². The number of hydrogen-bond donors (Lipinski definition) is 1. The zero-order chi connectivity index (χ0) is 18.2. The maximum atomic E-state index is 13.3. The first-order valence-electron chi connectivity index (χ1n) is 9.06. The van der Waals surface area contributed by atoms with Crippen molar-refractivity contribution in [1.29, 1.82) is 0 Å². The van der Waals surface area contributed by atoms with Gasteiger partial charge in [-0.3, -0.25) is 4.99 Å². The van der Waals surface area contributed by atoms with E-state index in [1.165, 1.54) is 11.6 Å². The van der Waals surface area contributed by atoms with Gasteiger partial charge < -0.3 is 15.0 Å². The molecule has 1 heterocycles. The third-order valence-corrected chi connectivity index (χ3v) is 4.60. The van der Waals surface area contributed by atoms with Crippen molar-refractivity contribution < 1.29 is 9.13 Å². The topological polar surface area (TPSA) is 36.9 Å². The van der Waals surface area contributed by atoms with Gasteiger partial charge in [0.25, 0.3) is 0 Å². The van der Waals surface area contributed by atoms with Crippen LogP contribution in [0.2, 0.25) is 0 Å². The first kappa shape index (κ1) is 18.4. The number of halogens is 1. The van der Waals surface area contributed by atoms with Gasteiger partial charge in [-0.2, -0.15) is 0 Å². The van der Waals surface area contributed by atoms with E-state index in [0.717, 1.165) is 37.6 Å². The van der Waals surface area contributed by atoms with Crippen molar-refractivity contribution >= 4 is 5.96 Å². The zero-order valence-corrected chi connectivity index (χ0v) is 15.2. The standard InChI is InChI=1S/C21H26FN3O/c1-23-21(24-13-18-8-5-9-20(22)12-18)25-11-10-19(14-25)16-26-15-17-6-3-2-4-7-17/h2-9,12,19H,10-11,13-16H2,1H3,(H,23,24). The van der Waals surface area contributed by atoms with Crippen molar-refractivity contribution in [3.05, 3.63) is 71.5 Å². The van der Waals surface area contributed by atoms with Crippen LogP contribution in [0.3, 0.4) is 0 Å². The van der Waals surface area contributed by atoms with Gasteiger partial charge >= 0.3 is 0 Å². The Hall–Kier alpha value is -2.40. The van der Waals surface area contributed by atoms with Crippen LogP contribution >= 0.6 is 0 Å². The Balaban J connectivity index is 1.43. The van der Waals surface area contributed by atoms with Crippen molar-refractivity contribution in [2.45, 2.75) is 19.6 Å². The highest BCUT2D eigenvalue weighted by atomic mass is 19.1. The lowest BCUT2D eigenvalue weighted by Crippen LogP contribution is -2.39. The maximum absolute atomic E-state index is 13.3. The Kier molecular flexibility index (Phi) is 6.61. The van der Waals surface area contributed by atoms with Crippen LogP contribution in [0.5, 0.6) is 0 Å². The largest absolute Gasteiger partial charge is 0.376 e. The van der Waals surface area contributed by atoms with E-state index in [-0.39, 0.29) is 5.82 Å². The molecular weight excluding hydrogens is 329 g/mol. The molecule has 0 spiro atoms. The second-order valence-corrected chi connectivity index (χ2v) is 6.63. The van der Waals surface area contributed by atoms with E-state index in [4.69, 9.17) is 4.74 Å². The van der Waals surface area contributed by atoms with Crippen LogP contribution < -0.4 is 5.32 Å². The number of aliphatic imine (C=N–C) groups is 1. The van der Waals surface area contributed by atoms with Crippen LogP contribution in [0, 0.1) is 11.7 Å². The molecule has 1 N–H and O–H groups in total. The van der Waals surface area contributed by atoms with E-state index in [2.05, 4.69) is 27.3 Å². The highest BCUT2D eigenvalue weighted by Crippen LogP contribution is 2.17. The molecule has 2 aromatic rings. The first-order chi connectivity index (χ1) is 12.7. The minimum absolute atomic E-state index is 0.212. The molecular formula is C21H26FN3O. The van der Waals surface area contributed by atoms with Gasteiger partial charge in [0.1, 0.15) is 5.82 Å². The smallest absolute Gasteiger partial charge is 0.193 e. The second kappa shape index (κ2) is 9.34. The van der Waals surface area contributed by atoms with Crippen molar-refractivity contribution in [3.63, 3.8) is 0 Å². The minimum Gasteiger partial charge on any atom is -0.376 e. The van der Waals surface area contributed by atoms with E-state index in [1.54, 1.807) is 19.2 Å². The summed E-state index contributed by atoms with van der Waals surface area (Å²) in [5.74, 6) is 1.15. The molecule has 0 saturated carbocycles. The highest BCUT2D eigenvalue weighted by Gasteiger charge is 2.24. The second-order valence-electron chi connectivity index (χ2n) is 6.63. The molecule has 4 nitrogen and oxygen atoms in total. The number of rotatable bonds is 6. The summed E-state index contributed by atoms with van der Waals surface area (Å²) >= 11 is 0. The molecule has 3 rings (SSSR count). The third kappa shape index (κ3) is 5.30. The van der Waals surface area contributed by atoms with Crippen LogP contribution in [0.25, 0.3) is 0 Å². The van der Waals surface area contributed by atoms with Gasteiger partial charge in [-0.05, 0) is 29.7 Å². The molecule has 1 saturated heterocycles. The molecule has 5 heteroatoms. The molecule has 1 atom stereocenters. The predicted molar refractivity (Wildman–Crippen MR) is 102 cm³/mol. The Morgan fingerprint density at radius 2 is 2.00 bits per heavy atom. The van der Waals surface area contributed by atoms with Crippen LogP contribution in [0.4, 0.5) is 4.39 Å². The number of guanidine groups is 1. The van der Waals surface area contributed by atoms with Gasteiger partial charge in [-0.15, -0.1) is 0 Å². The van der Waals surface area contributed by atoms with Gasteiger partial charge in [-0.1, -0.05) is 42.5 Å². The normalized spacial score (nSPS) is 17.5. The lowest BCUT2D eigenvalue weighted by atomic mass is 10.1. The average molecular weight is 355 g/mol. The van der Waals surface area contributed by atoms with Gasteiger partial charge in [-0.25, -0.2) is 4.39 Å². The molecule has 1 aliphatic rings. The number of hydrogen-bond acceptors (Lipinski definition) is 2. The summed E-state index contributed by atoms with van der Waals surface area (Å²) in [4.78, 5) is 6.61. The molecule has 26 heavy (non-hydrogen) atoms. The molecule has 0 radical (unpaired) electrons. The lowest BCUT2D eigenvalue weighted by Gasteiger charge is -2.22. The van der Waals surface area contributed by atoms with Gasteiger partial charge in [0.2, 0.25) is 0 Å². The molecule has 1 fully saturated rings. The Morgan fingerprint density at radius 3 is 2.77 bits per heavy atom. The average Bonchev–Trinajstić information content (AvgIpc) is 3.12. The van der Waals surface area contributed by atoms with Crippen molar-refractivity contribution in [2.75, 3.05) is 26.7 Å². The quantitative estimate of drug-likeness (QED) is 0.637. The van der Waals surface area contributed by atoms with E-state index >= 15 is 0 Å². The maximum Gasteiger partial charge on any atom is 0.193 e. The first-order valence-corrected chi connectivity index (χ1v) is 9.06. The highest BCUT2D eigenvalue weighted by molar-refractivity contribution is 5.80. The number of likely N-dealkylation sites (tertiary alicyclic amines) is 1. The molecule has 0 amide bonds. The zero-order valence-electron chi connectivity index (χ0n) is 15.2. The number of nitrogens with one attached hydrogen (secondary N) is 1. The van der Waals surface area contributed by atoms with E-state index in [0.29, 0.717) is 19.1 Å². The fraction of sp³-hybridized carbons (Fsp3) is 0.381. The van der Waals surface area contributed by atoms with Crippen LogP contribution in [-0.2, 0) is 17.9 Å². The Bertz CT molecular complexity index is 720. The molecule has 138 valence electrons. The Labute approximate surface area is 154 Å². The van der Waals surface area contributed by atoms with Gasteiger partial charge in [0.15, 0.2) is 5.96 Å². The molecule has 0 aromatic heterocycles. The van der Waals surface area contributed by atoms with E-state index in [1.807, 2.05) is 24.3 Å². The molecule has 1 unspecified atom stereocenters. The fourth-order valence-electron chi connectivity index (χ4n) is 3.24. The summed E-state index contributed by atoms with van der Waals surface area (Å²) in [5, 5.41) is 3.33. The van der Waals surface area contributed by atoms with Crippen molar-refractivity contribution in [2.24, 2.45) is 10.9 Å². The van der Waals surface area contributed by atoms with E-state index < -0.39 is 0 Å². The summed E-state index contributed by atoms with van der Waals surface area (Å²) in [6.07, 6.45) is 1.09. The summed E-state index contributed by atoms with van der Waals surface area (Å²) in [6, 6.07) is 16.9. The van der Waals surface area contributed by atoms with E-state index in [9.17, 15) is 4.39 Å². The van der Waals surface area contributed by atoms with Crippen LogP contribution in [0.1, 0.15) is 17.5 Å². The van der Waals surface area contributed by atoms with Crippen LogP contribution in [-0.4, -0.2) is 37.6 Å². The van der Waals surface area contributed by atoms with Gasteiger partial charge in [0, 0.05) is 32.6 Å². The SMILES string of the molecule is CN=C(NCc1cccc(F)c1)N1CCC(COCc2ccccc2)C1. The Morgan fingerprint density at radius 1 is 1.19 bits per heavy atom. The number of nitrogens with zero attached hydrogens (tertiary/aromatic N) is 2. The molecule has 0 bridgehead atoms. The lowest BCUT2D eigenvalue weighted by molar-refractivity contribution is 0.0906. The monoisotopic (exact) mass is 355 g/mol. The molecule has 1 aliphatic heterocycles. The molecule has 2 aromatic carbocycles. The van der Waals surface area contributed by atoms with Crippen molar-refractivity contribution in [1.82, 2.24) is 10.2 Å². The van der Waals surface area contributed by atoms with Crippen LogP contribution in [0.15, 0.2) is 59.6 Å². The third-order valence-electron chi connectivity index (χ3n) is 4.60. The van der Waals surface area contributed by atoms with Crippen molar-refractivity contribution in [3.8, 4) is 0 Å². The summed E-state index contributed by atoms with van der Waals surface area (Å²) < 4.78 is 19.2. The fourth-order valence-corrected chi connectivity index (χ4v) is 3.24. The molecule has 0 aliphatic carbocycles. The number of benzene rings is 2. The summed E-state index contributed by atoms with van der Waals surface area (Å²) in [5.41, 5.74) is 2.11. The minimum atomic E-state index is -0.212. The summed E-state index contributed by atoms with van der Waals surface area (Å²) in [6.45, 7) is 3.87. The number of ether oxygens (including phenoxy) is 1.